The fourth-order valence-electron chi connectivity index (χ4n) is 1.51. The molecule has 0 spiro atoms. The van der Waals surface area contributed by atoms with E-state index in [1.54, 1.807) is 6.92 Å². The zero-order valence-corrected chi connectivity index (χ0v) is 12.4. The third-order valence-electron chi connectivity index (χ3n) is 2.68. The van der Waals surface area contributed by atoms with Gasteiger partial charge in [-0.15, -0.1) is 0 Å². The van der Waals surface area contributed by atoms with Gasteiger partial charge >= 0.3 is 11.4 Å². The van der Waals surface area contributed by atoms with Crippen molar-refractivity contribution < 1.29 is 27.1 Å². The third kappa shape index (κ3) is 4.48. The Labute approximate surface area is 129 Å². The first-order valence-corrected chi connectivity index (χ1v) is 6.80. The highest BCUT2D eigenvalue weighted by molar-refractivity contribution is 6.33. The minimum Gasteiger partial charge on any atom is -0.431 e. The molecular weight excluding hydrogens is 335 g/mol. The maximum absolute atomic E-state index is 13.4. The van der Waals surface area contributed by atoms with Crippen LogP contribution in [0.3, 0.4) is 0 Å². The van der Waals surface area contributed by atoms with Crippen LogP contribution in [0.4, 0.5) is 17.6 Å². The van der Waals surface area contributed by atoms with Gasteiger partial charge in [-0.25, -0.2) is 13.6 Å². The van der Waals surface area contributed by atoms with E-state index >= 15 is 0 Å². The van der Waals surface area contributed by atoms with Gasteiger partial charge in [-0.05, 0) is 30.2 Å². The van der Waals surface area contributed by atoms with Crippen molar-refractivity contribution in [2.75, 3.05) is 0 Å². The van der Waals surface area contributed by atoms with Crippen LogP contribution in [-0.4, -0.2) is 16.4 Å². The molecular formula is C13H12Cl2F4O2. The lowest BCUT2D eigenvalue weighted by Gasteiger charge is -2.30. The highest BCUT2D eigenvalue weighted by Crippen LogP contribution is 2.43. The van der Waals surface area contributed by atoms with E-state index in [9.17, 15) is 22.4 Å². The van der Waals surface area contributed by atoms with E-state index < -0.39 is 40.0 Å². The zero-order valence-electron chi connectivity index (χ0n) is 10.9. The number of alkyl halides is 4. The van der Waals surface area contributed by atoms with Crippen molar-refractivity contribution in [1.82, 2.24) is 0 Å². The van der Waals surface area contributed by atoms with Crippen molar-refractivity contribution in [3.05, 3.63) is 35.4 Å². The quantitative estimate of drug-likeness (QED) is 0.408. The fourth-order valence-corrected chi connectivity index (χ4v) is 1.85. The molecule has 1 aromatic rings. The summed E-state index contributed by atoms with van der Waals surface area (Å²) in [6, 6.07) is 1.99. The van der Waals surface area contributed by atoms with Gasteiger partial charge in [0.1, 0.15) is 11.6 Å². The summed E-state index contributed by atoms with van der Waals surface area (Å²) in [5.74, 6) is -3.61. The SMILES string of the molecule is CCCCC(Cl)(OC(=O)c1ccc(F)cc1F)C(F)(F)Cl. The van der Waals surface area contributed by atoms with Gasteiger partial charge in [0.25, 0.3) is 5.06 Å². The summed E-state index contributed by atoms with van der Waals surface area (Å²) in [6.07, 6.45) is 0.297. The molecule has 1 atom stereocenters. The Morgan fingerprint density at radius 2 is 1.90 bits per heavy atom. The van der Waals surface area contributed by atoms with E-state index in [2.05, 4.69) is 4.74 Å². The number of halogens is 6. The van der Waals surface area contributed by atoms with Gasteiger partial charge in [0.2, 0.25) is 0 Å². The highest BCUT2D eigenvalue weighted by atomic mass is 35.5. The minimum absolute atomic E-state index is 0.213. The monoisotopic (exact) mass is 346 g/mol. The molecule has 8 heteroatoms. The number of unbranched alkanes of at least 4 members (excludes halogenated alkanes) is 1. The Balaban J connectivity index is 3.00. The van der Waals surface area contributed by atoms with Crippen molar-refractivity contribution >= 4 is 29.2 Å². The topological polar surface area (TPSA) is 26.3 Å². The van der Waals surface area contributed by atoms with Crippen LogP contribution < -0.4 is 0 Å². The number of rotatable bonds is 6. The van der Waals surface area contributed by atoms with E-state index in [1.807, 2.05) is 0 Å². The molecule has 21 heavy (non-hydrogen) atoms. The molecule has 2 nitrogen and oxygen atoms in total. The Bertz CT molecular complexity index is 519. The largest absolute Gasteiger partial charge is 0.431 e. The maximum atomic E-state index is 13.4. The molecule has 0 amide bonds. The third-order valence-corrected chi connectivity index (χ3v) is 3.59. The number of carbonyl (C=O) groups is 1. The molecule has 0 bridgehead atoms. The number of carbonyl (C=O) groups excluding carboxylic acids is 1. The molecule has 0 N–H and O–H groups in total. The number of hydrogen-bond donors (Lipinski definition) is 0. The van der Waals surface area contributed by atoms with E-state index in [1.165, 1.54) is 0 Å². The number of esters is 1. The average Bonchev–Trinajstić information content (AvgIpc) is 2.34. The van der Waals surface area contributed by atoms with Crippen molar-refractivity contribution in [2.24, 2.45) is 0 Å². The average molecular weight is 347 g/mol. The molecule has 0 saturated carbocycles. The summed E-state index contributed by atoms with van der Waals surface area (Å²) in [5.41, 5.74) is -0.709. The molecule has 118 valence electrons. The normalized spacial score (nSPS) is 14.6. The first kappa shape index (κ1) is 18.0. The molecule has 0 aliphatic carbocycles. The summed E-state index contributed by atoms with van der Waals surface area (Å²) in [5, 5.41) is -6.85. The molecule has 1 rings (SSSR count). The highest BCUT2D eigenvalue weighted by Gasteiger charge is 2.54. The summed E-state index contributed by atoms with van der Waals surface area (Å²) in [4.78, 5) is 11.7. The second kappa shape index (κ2) is 6.83. The van der Waals surface area contributed by atoms with Gasteiger partial charge in [0.15, 0.2) is 0 Å². The summed E-state index contributed by atoms with van der Waals surface area (Å²) in [7, 11) is 0. The van der Waals surface area contributed by atoms with Gasteiger partial charge in [-0.3, -0.25) is 0 Å². The van der Waals surface area contributed by atoms with E-state index in [-0.39, 0.29) is 6.42 Å². The Hall–Kier alpha value is -1.01. The van der Waals surface area contributed by atoms with Gasteiger partial charge in [0.05, 0.1) is 5.56 Å². The second-order valence-corrected chi connectivity index (χ2v) is 5.43. The molecule has 0 aliphatic heterocycles. The summed E-state index contributed by atoms with van der Waals surface area (Å²) in [6.45, 7) is 1.71. The lowest BCUT2D eigenvalue weighted by molar-refractivity contribution is -0.0888. The lowest BCUT2D eigenvalue weighted by atomic mass is 10.1. The van der Waals surface area contributed by atoms with E-state index in [0.717, 1.165) is 12.1 Å². The number of ether oxygens (including phenoxy) is 1. The molecule has 0 aromatic heterocycles. The van der Waals surface area contributed by atoms with Crippen molar-refractivity contribution in [3.8, 4) is 0 Å². The second-order valence-electron chi connectivity index (χ2n) is 4.34. The predicted octanol–water partition coefficient (Wildman–Crippen LogP) is 5.08. The molecule has 0 radical (unpaired) electrons. The summed E-state index contributed by atoms with van der Waals surface area (Å²) >= 11 is 10.5. The first-order chi connectivity index (χ1) is 9.60. The van der Waals surface area contributed by atoms with Gasteiger partial charge in [-0.2, -0.15) is 8.78 Å². The zero-order chi connectivity index (χ0) is 16.3. The van der Waals surface area contributed by atoms with E-state index in [4.69, 9.17) is 23.2 Å². The van der Waals surface area contributed by atoms with Crippen LogP contribution in [0.5, 0.6) is 0 Å². The molecule has 0 fully saturated rings. The smallest absolute Gasteiger partial charge is 0.374 e. The molecule has 1 unspecified atom stereocenters. The lowest BCUT2D eigenvalue weighted by Crippen LogP contribution is -2.43. The van der Waals surface area contributed by atoms with Crippen LogP contribution in [-0.2, 0) is 4.74 Å². The van der Waals surface area contributed by atoms with Crippen molar-refractivity contribution in [2.45, 2.75) is 36.6 Å². The van der Waals surface area contributed by atoms with Crippen LogP contribution in [0.1, 0.15) is 36.5 Å². The Morgan fingerprint density at radius 1 is 1.29 bits per heavy atom. The minimum atomic E-state index is -4.05. The first-order valence-electron chi connectivity index (χ1n) is 6.04. The fraction of sp³-hybridized carbons (Fsp3) is 0.462. The van der Waals surface area contributed by atoms with Crippen LogP contribution in [0.15, 0.2) is 18.2 Å². The van der Waals surface area contributed by atoms with E-state index in [0.29, 0.717) is 12.5 Å². The molecule has 0 heterocycles. The molecule has 1 aromatic carbocycles. The van der Waals surface area contributed by atoms with Crippen molar-refractivity contribution in [3.63, 3.8) is 0 Å². The molecule has 0 saturated heterocycles. The predicted molar refractivity (Wildman–Crippen MR) is 70.7 cm³/mol. The van der Waals surface area contributed by atoms with Crippen LogP contribution in [0.2, 0.25) is 0 Å². The number of benzene rings is 1. The maximum Gasteiger partial charge on any atom is 0.374 e. The van der Waals surface area contributed by atoms with Crippen LogP contribution in [0, 0.1) is 11.6 Å². The van der Waals surface area contributed by atoms with Crippen molar-refractivity contribution in [1.29, 1.82) is 0 Å². The van der Waals surface area contributed by atoms with Gasteiger partial charge in [-0.1, -0.05) is 24.9 Å². The standard InChI is InChI=1S/C13H12Cl2F4O2/c1-2-3-6-12(14,13(15,18)19)21-11(20)9-5-4-8(16)7-10(9)17/h4-5,7H,2-3,6H2,1H3. The van der Waals surface area contributed by atoms with Crippen LogP contribution >= 0.6 is 23.2 Å². The number of hydrogen-bond acceptors (Lipinski definition) is 2. The Morgan fingerprint density at radius 3 is 2.38 bits per heavy atom. The van der Waals surface area contributed by atoms with Gasteiger partial charge in [0, 0.05) is 12.5 Å². The van der Waals surface area contributed by atoms with Crippen LogP contribution in [0.25, 0.3) is 0 Å². The Kier molecular flexibility index (Phi) is 5.87. The molecule has 0 aliphatic rings. The van der Waals surface area contributed by atoms with Gasteiger partial charge < -0.3 is 4.74 Å². The summed E-state index contributed by atoms with van der Waals surface area (Å²) < 4.78 is 57.3.